The first-order valence-electron chi connectivity index (χ1n) is 8.92. The molecule has 1 fully saturated rings. The van der Waals surface area contributed by atoms with E-state index in [9.17, 15) is 0 Å². The van der Waals surface area contributed by atoms with E-state index in [2.05, 4.69) is 50.8 Å². The van der Waals surface area contributed by atoms with Gasteiger partial charge < -0.3 is 15.5 Å². The number of hydrogen-bond donors (Lipinski definition) is 2. The Morgan fingerprint density at radius 1 is 1.21 bits per heavy atom. The number of piperidine rings is 1. The number of hydrogen-bond acceptors (Lipinski definition) is 5. The smallest absolute Gasteiger partial charge is 0.227 e. The summed E-state index contributed by atoms with van der Waals surface area (Å²) in [4.78, 5) is 11.8. The Hall–Kier alpha value is -2.14. The molecule has 1 unspecified atom stereocenters. The Bertz CT molecular complexity index is 709. The molecule has 126 valence electrons. The van der Waals surface area contributed by atoms with E-state index in [1.807, 2.05) is 6.92 Å². The van der Waals surface area contributed by atoms with Crippen LogP contribution in [0.25, 0.3) is 0 Å². The highest BCUT2D eigenvalue weighted by atomic mass is 15.3. The first-order chi connectivity index (χ1) is 11.8. The van der Waals surface area contributed by atoms with Crippen LogP contribution in [-0.4, -0.2) is 35.6 Å². The Kier molecular flexibility index (Phi) is 4.34. The third-order valence-corrected chi connectivity index (χ3v) is 4.90. The molecule has 2 N–H and O–H groups in total. The van der Waals surface area contributed by atoms with Gasteiger partial charge in [0, 0.05) is 37.4 Å². The third-order valence-electron chi connectivity index (χ3n) is 4.90. The molecule has 1 atom stereocenters. The van der Waals surface area contributed by atoms with Crippen molar-refractivity contribution in [2.24, 2.45) is 0 Å². The van der Waals surface area contributed by atoms with E-state index in [-0.39, 0.29) is 0 Å². The Morgan fingerprint density at radius 2 is 2.08 bits per heavy atom. The molecule has 0 saturated carbocycles. The van der Waals surface area contributed by atoms with Gasteiger partial charge in [-0.15, -0.1) is 0 Å². The number of nitrogens with one attached hydrogen (secondary N) is 2. The lowest BCUT2D eigenvalue weighted by molar-refractivity contribution is 0.479. The second-order valence-corrected chi connectivity index (χ2v) is 6.82. The molecular weight excluding hydrogens is 298 g/mol. The summed E-state index contributed by atoms with van der Waals surface area (Å²) in [6.45, 7) is 6.05. The van der Waals surface area contributed by atoms with Gasteiger partial charge in [-0.1, -0.05) is 24.3 Å². The lowest BCUT2D eigenvalue weighted by Gasteiger charge is -2.30. The maximum absolute atomic E-state index is 4.80. The van der Waals surface area contributed by atoms with Gasteiger partial charge in [-0.3, -0.25) is 0 Å². The van der Waals surface area contributed by atoms with Gasteiger partial charge in [-0.05, 0) is 43.9 Å². The third kappa shape index (κ3) is 3.36. The van der Waals surface area contributed by atoms with E-state index >= 15 is 0 Å². The molecule has 2 aliphatic heterocycles. The van der Waals surface area contributed by atoms with Gasteiger partial charge in [0.1, 0.15) is 5.82 Å². The van der Waals surface area contributed by atoms with Crippen LogP contribution < -0.4 is 15.5 Å². The van der Waals surface area contributed by atoms with Crippen LogP contribution in [0, 0.1) is 6.92 Å². The summed E-state index contributed by atoms with van der Waals surface area (Å²) >= 11 is 0. The Balaban J connectivity index is 1.53. The predicted octanol–water partition coefficient (Wildman–Crippen LogP) is 2.51. The minimum Gasteiger partial charge on any atom is -0.366 e. The number of rotatable bonds is 3. The summed E-state index contributed by atoms with van der Waals surface area (Å²) < 4.78 is 0. The second-order valence-electron chi connectivity index (χ2n) is 6.82. The summed E-state index contributed by atoms with van der Waals surface area (Å²) in [6.07, 6.45) is 3.47. The largest absolute Gasteiger partial charge is 0.366 e. The van der Waals surface area contributed by atoms with E-state index in [1.165, 1.54) is 24.0 Å². The average molecular weight is 323 g/mol. The quantitative estimate of drug-likeness (QED) is 0.909. The highest BCUT2D eigenvalue weighted by Crippen LogP contribution is 2.23. The molecule has 0 amide bonds. The van der Waals surface area contributed by atoms with Crippen LogP contribution in [-0.2, 0) is 13.0 Å². The van der Waals surface area contributed by atoms with Crippen molar-refractivity contribution in [1.29, 1.82) is 0 Å². The zero-order valence-corrected chi connectivity index (χ0v) is 14.3. The molecule has 0 spiro atoms. The van der Waals surface area contributed by atoms with Crippen molar-refractivity contribution in [1.82, 2.24) is 15.3 Å². The number of anilines is 2. The number of benzene rings is 1. The first-order valence-corrected chi connectivity index (χ1v) is 8.92. The molecule has 24 heavy (non-hydrogen) atoms. The van der Waals surface area contributed by atoms with E-state index in [1.54, 1.807) is 0 Å². The average Bonchev–Trinajstić information content (AvgIpc) is 2.62. The SMILES string of the molecule is Cc1cc(NC2CCCNC2)nc(N2CCc3ccccc3C2)n1. The maximum atomic E-state index is 4.80. The topological polar surface area (TPSA) is 53.1 Å². The summed E-state index contributed by atoms with van der Waals surface area (Å²) in [6, 6.07) is 11.2. The molecule has 0 bridgehead atoms. The minimum atomic E-state index is 0.461. The molecule has 3 heterocycles. The van der Waals surface area contributed by atoms with Crippen LogP contribution in [0.2, 0.25) is 0 Å². The molecule has 0 aliphatic carbocycles. The molecular formula is C19H25N5. The predicted molar refractivity (Wildman–Crippen MR) is 97.5 cm³/mol. The molecule has 0 radical (unpaired) electrons. The molecule has 1 aromatic heterocycles. The van der Waals surface area contributed by atoms with Crippen LogP contribution >= 0.6 is 0 Å². The molecule has 4 rings (SSSR count). The molecule has 5 heteroatoms. The Labute approximate surface area is 143 Å². The monoisotopic (exact) mass is 323 g/mol. The van der Waals surface area contributed by atoms with Crippen LogP contribution in [0.4, 0.5) is 11.8 Å². The van der Waals surface area contributed by atoms with Gasteiger partial charge in [0.15, 0.2) is 0 Å². The number of nitrogens with zero attached hydrogens (tertiary/aromatic N) is 3. The van der Waals surface area contributed by atoms with Crippen LogP contribution in [0.5, 0.6) is 0 Å². The molecule has 2 aliphatic rings. The van der Waals surface area contributed by atoms with Crippen LogP contribution in [0.1, 0.15) is 29.7 Å². The van der Waals surface area contributed by atoms with Gasteiger partial charge in [0.05, 0.1) is 0 Å². The van der Waals surface area contributed by atoms with Crippen molar-refractivity contribution in [3.63, 3.8) is 0 Å². The Morgan fingerprint density at radius 3 is 2.92 bits per heavy atom. The summed E-state index contributed by atoms with van der Waals surface area (Å²) in [7, 11) is 0. The number of fused-ring (bicyclic) bond motifs is 1. The van der Waals surface area contributed by atoms with Gasteiger partial charge >= 0.3 is 0 Å². The first kappa shape index (κ1) is 15.4. The zero-order valence-electron chi connectivity index (χ0n) is 14.3. The van der Waals surface area contributed by atoms with Crippen LogP contribution in [0.3, 0.4) is 0 Å². The molecule has 5 nitrogen and oxygen atoms in total. The van der Waals surface area contributed by atoms with Gasteiger partial charge in [-0.2, -0.15) is 4.98 Å². The molecule has 1 saturated heterocycles. The van der Waals surface area contributed by atoms with Gasteiger partial charge in [-0.25, -0.2) is 4.98 Å². The highest BCUT2D eigenvalue weighted by molar-refractivity contribution is 5.46. The van der Waals surface area contributed by atoms with E-state index in [4.69, 9.17) is 4.98 Å². The highest BCUT2D eigenvalue weighted by Gasteiger charge is 2.20. The fraction of sp³-hybridized carbons (Fsp3) is 0.474. The number of aromatic nitrogens is 2. The van der Waals surface area contributed by atoms with Crippen molar-refractivity contribution in [3.05, 3.63) is 47.2 Å². The van der Waals surface area contributed by atoms with E-state index in [0.29, 0.717) is 6.04 Å². The summed E-state index contributed by atoms with van der Waals surface area (Å²) in [5.74, 6) is 1.79. The molecule has 2 aromatic rings. The van der Waals surface area contributed by atoms with E-state index < -0.39 is 0 Å². The van der Waals surface area contributed by atoms with Crippen molar-refractivity contribution in [2.75, 3.05) is 29.9 Å². The fourth-order valence-electron chi connectivity index (χ4n) is 3.62. The molecule has 1 aromatic carbocycles. The summed E-state index contributed by atoms with van der Waals surface area (Å²) in [5, 5.41) is 7.02. The van der Waals surface area contributed by atoms with Gasteiger partial charge in [0.25, 0.3) is 0 Å². The van der Waals surface area contributed by atoms with Crippen molar-refractivity contribution < 1.29 is 0 Å². The lowest BCUT2D eigenvalue weighted by Crippen LogP contribution is -2.39. The second kappa shape index (κ2) is 6.77. The lowest BCUT2D eigenvalue weighted by atomic mass is 10.0. The summed E-state index contributed by atoms with van der Waals surface area (Å²) in [5.41, 5.74) is 3.86. The maximum Gasteiger partial charge on any atom is 0.227 e. The standard InChI is InChI=1S/C19H25N5/c1-14-11-18(22-17-7-4-9-20-12-17)23-19(21-14)24-10-8-15-5-2-3-6-16(15)13-24/h2-3,5-6,11,17,20H,4,7-10,12-13H2,1H3,(H,21,22,23). The van der Waals surface area contributed by atoms with Gasteiger partial charge in [0.2, 0.25) is 5.95 Å². The fourth-order valence-corrected chi connectivity index (χ4v) is 3.62. The van der Waals surface area contributed by atoms with Crippen molar-refractivity contribution in [3.8, 4) is 0 Å². The van der Waals surface area contributed by atoms with Crippen LogP contribution in [0.15, 0.2) is 30.3 Å². The normalized spacial score (nSPS) is 20.5. The zero-order chi connectivity index (χ0) is 16.4. The number of aryl methyl sites for hydroxylation is 1. The minimum absolute atomic E-state index is 0.461. The van der Waals surface area contributed by atoms with E-state index in [0.717, 1.165) is 50.1 Å². The van der Waals surface area contributed by atoms with Crippen molar-refractivity contribution in [2.45, 2.75) is 38.8 Å². The van der Waals surface area contributed by atoms with Crippen molar-refractivity contribution >= 4 is 11.8 Å².